The summed E-state index contributed by atoms with van der Waals surface area (Å²) >= 11 is 3.52. The van der Waals surface area contributed by atoms with Crippen molar-refractivity contribution in [2.75, 3.05) is 12.4 Å². The van der Waals surface area contributed by atoms with Crippen LogP contribution in [0.1, 0.15) is 38.5 Å². The molecule has 1 N–H and O–H groups in total. The van der Waals surface area contributed by atoms with Gasteiger partial charge >= 0.3 is 5.97 Å². The quantitative estimate of drug-likeness (QED) is 0.653. The number of nitrogens with one attached hydrogen (secondary N) is 1. The molecule has 2 rings (SSSR count). The summed E-state index contributed by atoms with van der Waals surface area (Å²) in [5.74, 6) is 0.199. The highest BCUT2D eigenvalue weighted by molar-refractivity contribution is 9.10. The van der Waals surface area contributed by atoms with Gasteiger partial charge in [-0.2, -0.15) is 0 Å². The zero-order valence-electron chi connectivity index (χ0n) is 11.9. The van der Waals surface area contributed by atoms with Crippen LogP contribution in [0.15, 0.2) is 28.7 Å². The van der Waals surface area contributed by atoms with E-state index in [1.54, 1.807) is 0 Å². The van der Waals surface area contributed by atoms with Crippen LogP contribution in [0.25, 0.3) is 0 Å². The molecule has 0 spiro atoms. The van der Waals surface area contributed by atoms with Crippen LogP contribution in [0.4, 0.5) is 5.69 Å². The number of rotatable bonds is 4. The van der Waals surface area contributed by atoms with Gasteiger partial charge in [0, 0.05) is 10.2 Å². The average Bonchev–Trinajstić information content (AvgIpc) is 2.74. The number of para-hydroxylation sites is 1. The van der Waals surface area contributed by atoms with Crippen molar-refractivity contribution in [2.45, 2.75) is 44.6 Å². The molecule has 110 valence electrons. The number of anilines is 1. The van der Waals surface area contributed by atoms with Gasteiger partial charge < -0.3 is 10.1 Å². The largest absolute Gasteiger partial charge is 0.467 e. The number of hydrogen-bond acceptors (Lipinski definition) is 3. The van der Waals surface area contributed by atoms with Crippen LogP contribution < -0.4 is 5.32 Å². The average molecular weight is 340 g/mol. The van der Waals surface area contributed by atoms with Crippen molar-refractivity contribution in [3.63, 3.8) is 0 Å². The number of carbonyl (C=O) groups excluding carboxylic acids is 1. The molecule has 1 aromatic rings. The topological polar surface area (TPSA) is 38.3 Å². The molecule has 0 aliphatic heterocycles. The molecule has 20 heavy (non-hydrogen) atoms. The third kappa shape index (κ3) is 3.98. The first-order chi connectivity index (χ1) is 9.72. The van der Waals surface area contributed by atoms with Gasteiger partial charge in [-0.25, -0.2) is 4.79 Å². The number of esters is 1. The van der Waals surface area contributed by atoms with Crippen LogP contribution in [-0.2, 0) is 9.53 Å². The molecule has 1 aliphatic carbocycles. The van der Waals surface area contributed by atoms with Crippen LogP contribution in [0, 0.1) is 5.92 Å². The summed E-state index contributed by atoms with van der Waals surface area (Å²) in [6.07, 6.45) is 7.15. The number of hydrogen-bond donors (Lipinski definition) is 1. The van der Waals surface area contributed by atoms with Crippen LogP contribution in [0.5, 0.6) is 0 Å². The Hall–Kier alpha value is -1.03. The van der Waals surface area contributed by atoms with E-state index in [4.69, 9.17) is 4.74 Å². The summed E-state index contributed by atoms with van der Waals surface area (Å²) in [5.41, 5.74) is 0.951. The minimum atomic E-state index is -0.253. The van der Waals surface area contributed by atoms with Gasteiger partial charge in [0.1, 0.15) is 6.04 Å². The number of methoxy groups -OCH3 is 1. The summed E-state index contributed by atoms with van der Waals surface area (Å²) in [5, 5.41) is 3.37. The summed E-state index contributed by atoms with van der Waals surface area (Å²) < 4.78 is 5.98. The first-order valence-electron chi connectivity index (χ1n) is 7.31. The Morgan fingerprint density at radius 2 is 1.90 bits per heavy atom. The fraction of sp³-hybridized carbons (Fsp3) is 0.562. The molecule has 1 atom stereocenters. The van der Waals surface area contributed by atoms with Gasteiger partial charge in [-0.1, -0.05) is 37.8 Å². The third-order valence-electron chi connectivity index (χ3n) is 4.01. The molecule has 1 saturated carbocycles. The fourth-order valence-electron chi connectivity index (χ4n) is 2.89. The van der Waals surface area contributed by atoms with E-state index in [2.05, 4.69) is 21.2 Å². The monoisotopic (exact) mass is 339 g/mol. The third-order valence-corrected chi connectivity index (χ3v) is 4.70. The maximum atomic E-state index is 12.1. The highest BCUT2D eigenvalue weighted by atomic mass is 79.9. The number of ether oxygens (including phenoxy) is 1. The van der Waals surface area contributed by atoms with Crippen molar-refractivity contribution >= 4 is 27.6 Å². The standard InChI is InChI=1S/C16H22BrNO2/c1-20-16(19)15(12-8-4-2-3-5-9-12)18-14-11-7-6-10-13(14)17/h6-7,10-12,15,18H,2-5,8-9H2,1H3. The molecule has 0 radical (unpaired) electrons. The van der Waals surface area contributed by atoms with Gasteiger partial charge in [0.2, 0.25) is 0 Å². The molecule has 0 aromatic heterocycles. The van der Waals surface area contributed by atoms with Gasteiger partial charge in [-0.05, 0) is 46.8 Å². The summed E-state index contributed by atoms with van der Waals surface area (Å²) in [7, 11) is 1.47. The van der Waals surface area contributed by atoms with E-state index in [0.717, 1.165) is 23.0 Å². The van der Waals surface area contributed by atoms with E-state index in [0.29, 0.717) is 5.92 Å². The van der Waals surface area contributed by atoms with Gasteiger partial charge in [0.25, 0.3) is 0 Å². The Kier molecular flexibility index (Phi) is 5.89. The molecule has 0 saturated heterocycles. The molecule has 1 aliphatic rings. The van der Waals surface area contributed by atoms with E-state index < -0.39 is 0 Å². The molecule has 0 amide bonds. The zero-order chi connectivity index (χ0) is 14.4. The van der Waals surface area contributed by atoms with E-state index in [1.165, 1.54) is 32.8 Å². The lowest BCUT2D eigenvalue weighted by atomic mass is 9.91. The number of carbonyl (C=O) groups is 1. The lowest BCUT2D eigenvalue weighted by molar-refractivity contribution is -0.142. The molecular formula is C16H22BrNO2. The van der Waals surface area contributed by atoms with E-state index in [1.807, 2.05) is 24.3 Å². The predicted molar refractivity (Wildman–Crippen MR) is 84.8 cm³/mol. The van der Waals surface area contributed by atoms with E-state index >= 15 is 0 Å². The molecule has 0 bridgehead atoms. The molecule has 1 unspecified atom stereocenters. The highest BCUT2D eigenvalue weighted by Crippen LogP contribution is 2.30. The Morgan fingerprint density at radius 3 is 2.50 bits per heavy atom. The maximum Gasteiger partial charge on any atom is 0.328 e. The van der Waals surface area contributed by atoms with Crippen LogP contribution in [0.3, 0.4) is 0 Å². The van der Waals surface area contributed by atoms with Crippen LogP contribution in [-0.4, -0.2) is 19.1 Å². The van der Waals surface area contributed by atoms with E-state index in [-0.39, 0.29) is 12.0 Å². The molecule has 3 nitrogen and oxygen atoms in total. The summed E-state index contributed by atoms with van der Waals surface area (Å²) in [6.45, 7) is 0. The lowest BCUT2D eigenvalue weighted by Gasteiger charge is -2.26. The van der Waals surface area contributed by atoms with Crippen molar-refractivity contribution in [3.8, 4) is 0 Å². The van der Waals surface area contributed by atoms with Crippen molar-refractivity contribution < 1.29 is 9.53 Å². The number of halogens is 1. The van der Waals surface area contributed by atoms with Crippen LogP contribution in [0.2, 0.25) is 0 Å². The molecule has 1 fully saturated rings. The minimum Gasteiger partial charge on any atom is -0.467 e. The lowest BCUT2D eigenvalue weighted by Crippen LogP contribution is -2.38. The smallest absolute Gasteiger partial charge is 0.328 e. The van der Waals surface area contributed by atoms with Gasteiger partial charge in [0.05, 0.1) is 7.11 Å². The SMILES string of the molecule is COC(=O)C(Nc1ccccc1Br)C1CCCCCC1. The fourth-order valence-corrected chi connectivity index (χ4v) is 3.29. The molecule has 0 heterocycles. The summed E-state index contributed by atoms with van der Waals surface area (Å²) in [6, 6.07) is 7.64. The molecule has 4 heteroatoms. The predicted octanol–water partition coefficient (Wildman–Crippen LogP) is 4.37. The molecule has 1 aromatic carbocycles. The highest BCUT2D eigenvalue weighted by Gasteiger charge is 2.29. The van der Waals surface area contributed by atoms with Crippen LogP contribution >= 0.6 is 15.9 Å². The molecular weight excluding hydrogens is 318 g/mol. The van der Waals surface area contributed by atoms with Crippen molar-refractivity contribution in [1.82, 2.24) is 0 Å². The first-order valence-corrected chi connectivity index (χ1v) is 8.10. The van der Waals surface area contributed by atoms with Gasteiger partial charge in [-0.15, -0.1) is 0 Å². The first kappa shape index (κ1) is 15.4. The van der Waals surface area contributed by atoms with Crippen molar-refractivity contribution in [3.05, 3.63) is 28.7 Å². The second-order valence-corrected chi connectivity index (χ2v) is 6.23. The van der Waals surface area contributed by atoms with Crippen molar-refractivity contribution in [1.29, 1.82) is 0 Å². The normalized spacial score (nSPS) is 18.1. The zero-order valence-corrected chi connectivity index (χ0v) is 13.5. The number of benzene rings is 1. The second-order valence-electron chi connectivity index (χ2n) is 5.38. The Labute approximate surface area is 129 Å². The summed E-state index contributed by atoms with van der Waals surface area (Å²) in [4.78, 5) is 12.1. The Morgan fingerprint density at radius 1 is 1.25 bits per heavy atom. The van der Waals surface area contributed by atoms with E-state index in [9.17, 15) is 4.79 Å². The Bertz CT molecular complexity index is 442. The van der Waals surface area contributed by atoms with Crippen molar-refractivity contribution in [2.24, 2.45) is 5.92 Å². The minimum absolute atomic E-state index is 0.160. The second kappa shape index (κ2) is 7.67. The maximum absolute atomic E-state index is 12.1. The Balaban J connectivity index is 2.14. The van der Waals surface area contributed by atoms with Gasteiger partial charge in [0.15, 0.2) is 0 Å². The van der Waals surface area contributed by atoms with Gasteiger partial charge in [-0.3, -0.25) is 0 Å².